The first kappa shape index (κ1) is 19.9. The maximum Gasteiger partial charge on any atom is 0.573 e. The molecule has 0 fully saturated rings. The summed E-state index contributed by atoms with van der Waals surface area (Å²) in [5.74, 6) is -0.801. The Morgan fingerprint density at radius 1 is 1.35 bits per heavy atom. The molecule has 0 amide bonds. The molecule has 1 aromatic carbocycles. The van der Waals surface area contributed by atoms with Gasteiger partial charge in [0, 0.05) is 0 Å². The van der Waals surface area contributed by atoms with Gasteiger partial charge in [0.05, 0.1) is 25.9 Å². The van der Waals surface area contributed by atoms with Crippen LogP contribution in [-0.2, 0) is 17.9 Å². The second-order valence-corrected chi connectivity index (χ2v) is 5.42. The summed E-state index contributed by atoms with van der Waals surface area (Å²) in [6.07, 6.45) is -4.42. The Bertz CT molecular complexity index is 751. The fourth-order valence-corrected chi connectivity index (χ4v) is 2.18. The SMILES string of the molecule is O=[N+]([O-])c1cn(C[C@@H](CO)OCc2ccc(OC(F)(F)F)cc2)c(Cl)n1. The van der Waals surface area contributed by atoms with E-state index < -0.39 is 29.8 Å². The first-order valence-electron chi connectivity index (χ1n) is 7.12. The van der Waals surface area contributed by atoms with Crippen molar-refractivity contribution in [3.8, 4) is 5.75 Å². The molecule has 1 aromatic heterocycles. The smallest absolute Gasteiger partial charge is 0.406 e. The van der Waals surface area contributed by atoms with Gasteiger partial charge in [0.15, 0.2) is 0 Å². The molecule has 0 aliphatic carbocycles. The molecular weight excluding hydrogens is 383 g/mol. The number of hydrogen-bond donors (Lipinski definition) is 1. The number of benzene rings is 1. The van der Waals surface area contributed by atoms with Gasteiger partial charge in [-0.3, -0.25) is 4.57 Å². The maximum atomic E-state index is 12.1. The van der Waals surface area contributed by atoms with Crippen molar-refractivity contribution in [1.29, 1.82) is 0 Å². The third-order valence-corrected chi connectivity index (χ3v) is 3.45. The van der Waals surface area contributed by atoms with Crippen molar-refractivity contribution in [3.63, 3.8) is 0 Å². The van der Waals surface area contributed by atoms with E-state index in [1.54, 1.807) is 0 Å². The van der Waals surface area contributed by atoms with Gasteiger partial charge in [-0.05, 0) is 39.2 Å². The summed E-state index contributed by atoms with van der Waals surface area (Å²) < 4.78 is 46.8. The van der Waals surface area contributed by atoms with Crippen molar-refractivity contribution in [2.24, 2.45) is 0 Å². The summed E-state index contributed by atoms with van der Waals surface area (Å²) in [7, 11) is 0. The molecule has 0 unspecified atom stereocenters. The minimum atomic E-state index is -4.77. The topological polar surface area (TPSA) is 99.7 Å². The van der Waals surface area contributed by atoms with E-state index in [1.165, 1.54) is 16.7 Å². The van der Waals surface area contributed by atoms with Crippen LogP contribution in [0, 0.1) is 10.1 Å². The zero-order valence-electron chi connectivity index (χ0n) is 13.0. The largest absolute Gasteiger partial charge is 0.573 e. The summed E-state index contributed by atoms with van der Waals surface area (Å²) in [4.78, 5) is 13.5. The molecule has 2 rings (SSSR count). The van der Waals surface area contributed by atoms with E-state index in [1.807, 2.05) is 0 Å². The monoisotopic (exact) mass is 395 g/mol. The Labute approximate surface area is 149 Å². The highest BCUT2D eigenvalue weighted by atomic mass is 35.5. The summed E-state index contributed by atoms with van der Waals surface area (Å²) >= 11 is 5.78. The van der Waals surface area contributed by atoms with Crippen LogP contribution in [0.1, 0.15) is 5.56 Å². The van der Waals surface area contributed by atoms with Crippen LogP contribution >= 0.6 is 11.6 Å². The van der Waals surface area contributed by atoms with Gasteiger partial charge in [-0.2, -0.15) is 0 Å². The minimum absolute atomic E-state index is 0.00540. The molecule has 2 aromatic rings. The van der Waals surface area contributed by atoms with Crippen molar-refractivity contribution in [3.05, 3.63) is 51.4 Å². The number of alkyl halides is 3. The second kappa shape index (κ2) is 8.34. The highest BCUT2D eigenvalue weighted by molar-refractivity contribution is 6.28. The number of nitrogens with zero attached hydrogens (tertiary/aromatic N) is 3. The highest BCUT2D eigenvalue weighted by Crippen LogP contribution is 2.23. The summed E-state index contributed by atoms with van der Waals surface area (Å²) in [6, 6.07) is 5.03. The van der Waals surface area contributed by atoms with Crippen molar-refractivity contribution in [1.82, 2.24) is 9.55 Å². The molecule has 12 heteroatoms. The van der Waals surface area contributed by atoms with Crippen molar-refractivity contribution < 1.29 is 32.7 Å². The molecule has 0 saturated heterocycles. The first-order valence-corrected chi connectivity index (χ1v) is 7.50. The van der Waals surface area contributed by atoms with Crippen LogP contribution in [0.15, 0.2) is 30.5 Å². The molecule has 0 saturated carbocycles. The molecule has 26 heavy (non-hydrogen) atoms. The van der Waals surface area contributed by atoms with Gasteiger partial charge < -0.3 is 24.7 Å². The zero-order valence-corrected chi connectivity index (χ0v) is 13.8. The van der Waals surface area contributed by atoms with E-state index in [9.17, 15) is 28.4 Å². The van der Waals surface area contributed by atoms with E-state index in [0.717, 1.165) is 18.3 Å². The molecule has 0 aliphatic rings. The lowest BCUT2D eigenvalue weighted by Crippen LogP contribution is -2.23. The van der Waals surface area contributed by atoms with Crippen LogP contribution in [0.5, 0.6) is 5.75 Å². The predicted molar refractivity (Wildman–Crippen MR) is 82.7 cm³/mol. The van der Waals surface area contributed by atoms with Crippen molar-refractivity contribution in [2.45, 2.75) is 25.6 Å². The quantitative estimate of drug-likeness (QED) is 0.545. The Balaban J connectivity index is 1.93. The zero-order chi connectivity index (χ0) is 19.3. The number of ether oxygens (including phenoxy) is 2. The highest BCUT2D eigenvalue weighted by Gasteiger charge is 2.31. The number of aliphatic hydroxyl groups excluding tert-OH is 1. The van der Waals surface area contributed by atoms with Gasteiger partial charge in [-0.15, -0.1) is 13.2 Å². The van der Waals surface area contributed by atoms with Crippen LogP contribution in [0.2, 0.25) is 5.28 Å². The Kier molecular flexibility index (Phi) is 6.40. The number of hydrogen-bond acceptors (Lipinski definition) is 6. The average molecular weight is 396 g/mol. The first-order chi connectivity index (χ1) is 12.2. The lowest BCUT2D eigenvalue weighted by atomic mass is 10.2. The Hall–Kier alpha value is -2.37. The molecule has 142 valence electrons. The van der Waals surface area contributed by atoms with Gasteiger partial charge >= 0.3 is 17.5 Å². The molecule has 0 bridgehead atoms. The molecular formula is C14H13ClF3N3O5. The number of imidazole rings is 1. The third-order valence-electron chi connectivity index (χ3n) is 3.15. The number of aliphatic hydroxyl groups is 1. The standard InChI is InChI=1S/C14H13ClF3N3O5/c15-13-19-12(21(23)24)6-20(13)5-11(7-22)25-8-9-1-3-10(4-2-9)26-14(16,17)18/h1-4,6,11,22H,5,7-8H2/t11-/m0/s1. The minimum Gasteiger partial charge on any atom is -0.406 e. The average Bonchev–Trinajstić information content (AvgIpc) is 2.92. The summed E-state index contributed by atoms with van der Waals surface area (Å²) in [5, 5.41) is 19.9. The van der Waals surface area contributed by atoms with Crippen LogP contribution in [-0.4, -0.2) is 38.7 Å². The van der Waals surface area contributed by atoms with Crippen LogP contribution < -0.4 is 4.74 Å². The molecule has 1 N–H and O–H groups in total. The van der Waals surface area contributed by atoms with Gasteiger partial charge in [-0.25, -0.2) is 0 Å². The Morgan fingerprint density at radius 3 is 2.50 bits per heavy atom. The normalized spacial score (nSPS) is 12.8. The molecule has 0 spiro atoms. The summed E-state index contributed by atoms with van der Waals surface area (Å²) in [5.41, 5.74) is 0.542. The van der Waals surface area contributed by atoms with Crippen molar-refractivity contribution in [2.75, 3.05) is 6.61 Å². The van der Waals surface area contributed by atoms with Gasteiger partial charge in [-0.1, -0.05) is 12.1 Å². The lowest BCUT2D eigenvalue weighted by molar-refractivity contribution is -0.389. The molecule has 1 heterocycles. The van der Waals surface area contributed by atoms with Gasteiger partial charge in [0.2, 0.25) is 0 Å². The van der Waals surface area contributed by atoms with E-state index in [0.29, 0.717) is 5.56 Å². The molecule has 0 aliphatic heterocycles. The second-order valence-electron chi connectivity index (χ2n) is 5.08. The van der Waals surface area contributed by atoms with Gasteiger partial charge in [0.1, 0.15) is 11.9 Å². The lowest BCUT2D eigenvalue weighted by Gasteiger charge is -2.16. The fourth-order valence-electron chi connectivity index (χ4n) is 1.98. The third kappa shape index (κ3) is 5.86. The van der Waals surface area contributed by atoms with Crippen molar-refractivity contribution >= 4 is 17.4 Å². The number of nitro groups is 1. The summed E-state index contributed by atoms with van der Waals surface area (Å²) in [6.45, 7) is -0.408. The van der Waals surface area contributed by atoms with E-state index in [4.69, 9.17) is 16.3 Å². The van der Waals surface area contributed by atoms with Crippen LogP contribution in [0.3, 0.4) is 0 Å². The van der Waals surface area contributed by atoms with E-state index in [-0.39, 0.29) is 24.2 Å². The number of rotatable bonds is 8. The molecule has 0 radical (unpaired) electrons. The van der Waals surface area contributed by atoms with Crippen LogP contribution in [0.4, 0.5) is 19.0 Å². The fraction of sp³-hybridized carbons (Fsp3) is 0.357. The number of aromatic nitrogens is 2. The molecule has 1 atom stereocenters. The molecule has 8 nitrogen and oxygen atoms in total. The number of halogens is 4. The van der Waals surface area contributed by atoms with Crippen LogP contribution in [0.25, 0.3) is 0 Å². The van der Waals surface area contributed by atoms with E-state index in [2.05, 4.69) is 9.72 Å². The Morgan fingerprint density at radius 2 is 2.00 bits per heavy atom. The maximum absolute atomic E-state index is 12.1. The van der Waals surface area contributed by atoms with E-state index >= 15 is 0 Å². The predicted octanol–water partition coefficient (Wildman–Crippen LogP) is 2.92. The van der Waals surface area contributed by atoms with Gasteiger partial charge in [0.25, 0.3) is 0 Å².